The van der Waals surface area contributed by atoms with Gasteiger partial charge in [0.15, 0.2) is 0 Å². The molecule has 3 N–H and O–H groups in total. The van der Waals surface area contributed by atoms with Crippen LogP contribution in [0.25, 0.3) is 0 Å². The number of piperidine rings is 1. The number of hydrogen-bond donors (Lipinski definition) is 3. The quantitative estimate of drug-likeness (QED) is 0.783. The molecule has 0 bridgehead atoms. The number of nitrogens with one attached hydrogen (secondary N) is 1. The van der Waals surface area contributed by atoms with E-state index in [0.29, 0.717) is 13.1 Å². The molecule has 0 radical (unpaired) electrons. The second-order valence-corrected chi connectivity index (χ2v) is 6.09. The summed E-state index contributed by atoms with van der Waals surface area (Å²) in [6.07, 6.45) is 3.48. The number of phenols is 2. The van der Waals surface area contributed by atoms with Crippen LogP contribution in [0.4, 0.5) is 0 Å². The molecule has 3 rings (SSSR count). The smallest absolute Gasteiger partial charge is 0.251 e. The van der Waals surface area contributed by atoms with Crippen LogP contribution < -0.4 is 5.32 Å². The van der Waals surface area contributed by atoms with Gasteiger partial charge in [0.05, 0.1) is 0 Å². The molecule has 2 aliphatic rings. The van der Waals surface area contributed by atoms with Gasteiger partial charge in [-0.1, -0.05) is 0 Å². The molecule has 1 saturated carbocycles. The highest BCUT2D eigenvalue weighted by Gasteiger charge is 2.35. The van der Waals surface area contributed by atoms with Crippen molar-refractivity contribution < 1.29 is 19.8 Å². The van der Waals surface area contributed by atoms with Crippen LogP contribution in [0, 0.1) is 5.92 Å². The van der Waals surface area contributed by atoms with E-state index in [1.807, 2.05) is 4.90 Å². The molecule has 1 heterocycles. The van der Waals surface area contributed by atoms with Crippen LogP contribution >= 0.6 is 0 Å². The summed E-state index contributed by atoms with van der Waals surface area (Å²) in [5.74, 6) is -0.118. The van der Waals surface area contributed by atoms with Crippen molar-refractivity contribution in [3.8, 4) is 11.5 Å². The van der Waals surface area contributed by atoms with Crippen LogP contribution in [0.2, 0.25) is 0 Å². The van der Waals surface area contributed by atoms with E-state index in [4.69, 9.17) is 0 Å². The average Bonchev–Trinajstić information content (AvgIpc) is 3.31. The minimum absolute atomic E-state index is 0.0141. The SMILES string of the molecule is O=C(NC1CCN(C(=O)C2CC2)CC1)c1cc(O)cc(O)c1. The Morgan fingerprint density at radius 2 is 1.59 bits per heavy atom. The minimum Gasteiger partial charge on any atom is -0.508 e. The van der Waals surface area contributed by atoms with Gasteiger partial charge in [-0.2, -0.15) is 0 Å². The van der Waals surface area contributed by atoms with Crippen molar-refractivity contribution >= 4 is 11.8 Å². The van der Waals surface area contributed by atoms with Crippen molar-refractivity contribution in [3.05, 3.63) is 23.8 Å². The van der Waals surface area contributed by atoms with Gasteiger partial charge in [0.25, 0.3) is 5.91 Å². The second-order valence-electron chi connectivity index (χ2n) is 6.09. The van der Waals surface area contributed by atoms with Crippen LogP contribution in [0.1, 0.15) is 36.0 Å². The number of carbonyl (C=O) groups excluding carboxylic acids is 2. The fraction of sp³-hybridized carbons (Fsp3) is 0.500. The first-order valence-electron chi connectivity index (χ1n) is 7.65. The van der Waals surface area contributed by atoms with Crippen molar-refractivity contribution in [3.63, 3.8) is 0 Å². The van der Waals surface area contributed by atoms with Crippen molar-refractivity contribution in [1.82, 2.24) is 10.2 Å². The van der Waals surface area contributed by atoms with E-state index in [0.717, 1.165) is 25.7 Å². The lowest BCUT2D eigenvalue weighted by molar-refractivity contribution is -0.133. The normalized spacial score (nSPS) is 19.0. The number of phenolic OH excluding ortho intramolecular Hbond substituents is 2. The number of carbonyl (C=O) groups is 2. The lowest BCUT2D eigenvalue weighted by Crippen LogP contribution is -2.47. The molecule has 0 unspecified atom stereocenters. The maximum Gasteiger partial charge on any atom is 0.251 e. The first-order valence-corrected chi connectivity index (χ1v) is 7.65. The minimum atomic E-state index is -0.321. The van der Waals surface area contributed by atoms with E-state index in [1.165, 1.54) is 18.2 Å². The third-order valence-electron chi connectivity index (χ3n) is 4.23. The Bertz CT molecular complexity index is 570. The number of likely N-dealkylation sites (tertiary alicyclic amines) is 1. The van der Waals surface area contributed by atoms with Crippen molar-refractivity contribution in [2.45, 2.75) is 31.7 Å². The first-order chi connectivity index (χ1) is 10.5. The number of amides is 2. The zero-order chi connectivity index (χ0) is 15.7. The number of aromatic hydroxyl groups is 2. The number of rotatable bonds is 3. The molecule has 6 nitrogen and oxygen atoms in total. The van der Waals surface area contributed by atoms with E-state index in [9.17, 15) is 19.8 Å². The summed E-state index contributed by atoms with van der Waals surface area (Å²) in [4.78, 5) is 26.0. The zero-order valence-electron chi connectivity index (χ0n) is 12.3. The van der Waals surface area contributed by atoms with Crippen LogP contribution in [0.15, 0.2) is 18.2 Å². The molecule has 0 aromatic heterocycles. The van der Waals surface area contributed by atoms with Crippen LogP contribution in [0.5, 0.6) is 11.5 Å². The maximum absolute atomic E-state index is 12.1. The Labute approximate surface area is 128 Å². The Balaban J connectivity index is 1.53. The number of hydrogen-bond acceptors (Lipinski definition) is 4. The van der Waals surface area contributed by atoms with E-state index < -0.39 is 0 Å². The van der Waals surface area contributed by atoms with Gasteiger partial charge < -0.3 is 20.4 Å². The Morgan fingerprint density at radius 3 is 2.14 bits per heavy atom. The zero-order valence-corrected chi connectivity index (χ0v) is 12.3. The van der Waals surface area contributed by atoms with Crippen LogP contribution in [-0.2, 0) is 4.79 Å². The molecule has 6 heteroatoms. The summed E-state index contributed by atoms with van der Waals surface area (Å²) in [5.41, 5.74) is 0.231. The number of benzene rings is 1. The third-order valence-corrected chi connectivity index (χ3v) is 4.23. The van der Waals surface area contributed by atoms with E-state index >= 15 is 0 Å². The van der Waals surface area contributed by atoms with Gasteiger partial charge in [-0.05, 0) is 37.8 Å². The van der Waals surface area contributed by atoms with Gasteiger partial charge in [0, 0.05) is 36.7 Å². The largest absolute Gasteiger partial charge is 0.508 e. The monoisotopic (exact) mass is 304 g/mol. The van der Waals surface area contributed by atoms with Crippen LogP contribution in [-0.4, -0.2) is 46.1 Å². The molecule has 118 valence electrons. The summed E-state index contributed by atoms with van der Waals surface area (Å²) >= 11 is 0. The fourth-order valence-electron chi connectivity index (χ4n) is 2.83. The number of nitrogens with zero attached hydrogens (tertiary/aromatic N) is 1. The molecule has 2 fully saturated rings. The highest BCUT2D eigenvalue weighted by Crippen LogP contribution is 2.32. The second kappa shape index (κ2) is 5.87. The van der Waals surface area contributed by atoms with Crippen molar-refractivity contribution in [1.29, 1.82) is 0 Å². The third kappa shape index (κ3) is 3.32. The summed E-state index contributed by atoms with van der Waals surface area (Å²) in [6.45, 7) is 1.34. The molecule has 22 heavy (non-hydrogen) atoms. The Kier molecular flexibility index (Phi) is 3.92. The molecular formula is C16H20N2O4. The highest BCUT2D eigenvalue weighted by atomic mass is 16.3. The maximum atomic E-state index is 12.1. The molecule has 1 aromatic carbocycles. The summed E-state index contributed by atoms with van der Waals surface area (Å²) in [7, 11) is 0. The molecule has 1 saturated heterocycles. The van der Waals surface area contributed by atoms with Gasteiger partial charge in [-0.25, -0.2) is 0 Å². The molecule has 1 aromatic rings. The van der Waals surface area contributed by atoms with Crippen LogP contribution in [0.3, 0.4) is 0 Å². The molecule has 2 amide bonds. The summed E-state index contributed by atoms with van der Waals surface area (Å²) in [5, 5.41) is 21.7. The van der Waals surface area contributed by atoms with Gasteiger partial charge >= 0.3 is 0 Å². The Morgan fingerprint density at radius 1 is 1.00 bits per heavy atom. The van der Waals surface area contributed by atoms with Crippen molar-refractivity contribution in [2.75, 3.05) is 13.1 Å². The van der Waals surface area contributed by atoms with E-state index in [-0.39, 0.29) is 40.8 Å². The predicted molar refractivity (Wildman–Crippen MR) is 79.6 cm³/mol. The molecule has 0 atom stereocenters. The van der Waals surface area contributed by atoms with E-state index in [2.05, 4.69) is 5.32 Å². The standard InChI is InChI=1S/C16H20N2O4/c19-13-7-11(8-14(20)9-13)15(21)17-12-3-5-18(6-4-12)16(22)10-1-2-10/h7-10,12,19-20H,1-6H2,(H,17,21). The molecular weight excluding hydrogens is 284 g/mol. The summed E-state index contributed by atoms with van der Waals surface area (Å²) in [6, 6.07) is 3.83. The lowest BCUT2D eigenvalue weighted by atomic mass is 10.0. The predicted octanol–water partition coefficient (Wildman–Crippen LogP) is 1.23. The topological polar surface area (TPSA) is 89.9 Å². The van der Waals surface area contributed by atoms with Gasteiger partial charge in [0.1, 0.15) is 11.5 Å². The Hall–Kier alpha value is -2.24. The summed E-state index contributed by atoms with van der Waals surface area (Å²) < 4.78 is 0. The fourth-order valence-corrected chi connectivity index (χ4v) is 2.83. The first kappa shape index (κ1) is 14.7. The molecule has 1 aliphatic carbocycles. The average molecular weight is 304 g/mol. The van der Waals surface area contributed by atoms with Gasteiger partial charge in [0.2, 0.25) is 5.91 Å². The molecule has 0 spiro atoms. The van der Waals surface area contributed by atoms with Gasteiger partial charge in [-0.3, -0.25) is 9.59 Å². The van der Waals surface area contributed by atoms with Crippen molar-refractivity contribution in [2.24, 2.45) is 5.92 Å². The highest BCUT2D eigenvalue weighted by molar-refractivity contribution is 5.95. The lowest BCUT2D eigenvalue weighted by Gasteiger charge is -2.32. The van der Waals surface area contributed by atoms with E-state index in [1.54, 1.807) is 0 Å². The van der Waals surface area contributed by atoms with Gasteiger partial charge in [-0.15, -0.1) is 0 Å². The molecule has 1 aliphatic heterocycles.